The molecule has 0 aliphatic heterocycles. The maximum absolute atomic E-state index is 12.3. The van der Waals surface area contributed by atoms with E-state index in [9.17, 15) is 13.2 Å². The van der Waals surface area contributed by atoms with Gasteiger partial charge in [0.25, 0.3) is 5.91 Å². The van der Waals surface area contributed by atoms with Crippen LogP contribution in [0.4, 0.5) is 0 Å². The number of sulfone groups is 1. The number of pyridine rings is 1. The van der Waals surface area contributed by atoms with E-state index in [4.69, 9.17) is 5.26 Å². The first-order valence-corrected chi connectivity index (χ1v) is 8.65. The summed E-state index contributed by atoms with van der Waals surface area (Å²) in [6, 6.07) is 6.33. The number of hydrogen-bond donors (Lipinski definition) is 1. The van der Waals surface area contributed by atoms with Gasteiger partial charge >= 0.3 is 0 Å². The quantitative estimate of drug-likeness (QED) is 0.890. The summed E-state index contributed by atoms with van der Waals surface area (Å²) in [5.41, 5.74) is 0.381. The monoisotopic (exact) mass is 320 g/mol. The van der Waals surface area contributed by atoms with Crippen molar-refractivity contribution in [2.45, 2.75) is 31.0 Å². The molecule has 7 nitrogen and oxygen atoms in total. The third-order valence-corrected chi connectivity index (χ3v) is 4.05. The highest BCUT2D eigenvalue weighted by atomic mass is 32.2. The molecule has 0 saturated carbocycles. The van der Waals surface area contributed by atoms with Gasteiger partial charge in [-0.15, -0.1) is 0 Å². The molecule has 1 amide bonds. The third kappa shape index (κ3) is 3.09. The first-order chi connectivity index (χ1) is 10.4. The Morgan fingerprint density at radius 1 is 1.50 bits per heavy atom. The molecule has 0 radical (unpaired) electrons. The summed E-state index contributed by atoms with van der Waals surface area (Å²) >= 11 is 0. The second-order valence-corrected chi connectivity index (χ2v) is 6.82. The Balaban J connectivity index is 2.48. The lowest BCUT2D eigenvalue weighted by Gasteiger charge is -2.08. The zero-order valence-corrected chi connectivity index (χ0v) is 13.1. The number of fused-ring (bicyclic) bond motifs is 1. The molecule has 1 atom stereocenters. The molecule has 0 aliphatic rings. The van der Waals surface area contributed by atoms with Crippen molar-refractivity contribution in [3.8, 4) is 6.07 Å². The van der Waals surface area contributed by atoms with E-state index in [0.717, 1.165) is 12.7 Å². The fourth-order valence-corrected chi connectivity index (χ4v) is 2.90. The molecule has 0 saturated heterocycles. The molecule has 8 heteroatoms. The average molecular weight is 320 g/mol. The number of hydrogen-bond acceptors (Lipinski definition) is 5. The fraction of sp³-hybridized carbons (Fsp3) is 0.357. The van der Waals surface area contributed by atoms with Crippen LogP contribution in [0.3, 0.4) is 0 Å². The van der Waals surface area contributed by atoms with Gasteiger partial charge in [0.2, 0.25) is 15.0 Å². The van der Waals surface area contributed by atoms with Crippen LogP contribution in [0, 0.1) is 11.3 Å². The molecule has 0 spiro atoms. The lowest BCUT2D eigenvalue weighted by molar-refractivity contribution is 0.0940. The van der Waals surface area contributed by atoms with Crippen LogP contribution in [0.15, 0.2) is 29.6 Å². The summed E-state index contributed by atoms with van der Waals surface area (Å²) in [4.78, 5) is 16.3. The Bertz CT molecular complexity index is 849. The highest BCUT2D eigenvalue weighted by molar-refractivity contribution is 7.90. The first kappa shape index (κ1) is 16.0. The van der Waals surface area contributed by atoms with Crippen molar-refractivity contribution in [3.63, 3.8) is 0 Å². The highest BCUT2D eigenvalue weighted by Gasteiger charge is 2.23. The Kier molecular flexibility index (Phi) is 4.47. The maximum Gasteiger partial charge on any atom is 0.273 e. The molecule has 1 N–H and O–H groups in total. The molecule has 2 aromatic rings. The van der Waals surface area contributed by atoms with Crippen molar-refractivity contribution in [2.24, 2.45) is 0 Å². The summed E-state index contributed by atoms with van der Waals surface area (Å²) in [5.74, 6) is -0.557. The van der Waals surface area contributed by atoms with Gasteiger partial charge in [-0.1, -0.05) is 19.4 Å². The van der Waals surface area contributed by atoms with Crippen LogP contribution in [0.2, 0.25) is 0 Å². The minimum Gasteiger partial charge on any atom is -0.335 e. The fourth-order valence-electron chi connectivity index (χ4n) is 2.12. The van der Waals surface area contributed by atoms with Gasteiger partial charge < -0.3 is 5.32 Å². The summed E-state index contributed by atoms with van der Waals surface area (Å²) in [6.45, 7) is 1.91. The second kappa shape index (κ2) is 6.15. The van der Waals surface area contributed by atoms with Crippen molar-refractivity contribution in [2.75, 3.05) is 6.26 Å². The van der Waals surface area contributed by atoms with Crippen LogP contribution in [0.5, 0.6) is 0 Å². The Hall–Kier alpha value is -2.40. The summed E-state index contributed by atoms with van der Waals surface area (Å²) in [7, 11) is -3.58. The van der Waals surface area contributed by atoms with Crippen LogP contribution in [-0.2, 0) is 9.84 Å². The summed E-state index contributed by atoms with van der Waals surface area (Å²) < 4.78 is 24.9. The van der Waals surface area contributed by atoms with Crippen molar-refractivity contribution >= 4 is 21.3 Å². The molecule has 0 aliphatic carbocycles. The number of nitrogens with zero attached hydrogens (tertiary/aromatic N) is 3. The third-order valence-electron chi connectivity index (χ3n) is 3.10. The average Bonchev–Trinajstić information content (AvgIpc) is 2.86. The van der Waals surface area contributed by atoms with Crippen molar-refractivity contribution in [1.82, 2.24) is 14.7 Å². The molecule has 1 unspecified atom stereocenters. The van der Waals surface area contributed by atoms with Crippen LogP contribution in [0.25, 0.3) is 5.52 Å². The molecule has 0 aromatic carbocycles. The van der Waals surface area contributed by atoms with E-state index in [2.05, 4.69) is 10.3 Å². The molecule has 0 bridgehead atoms. The van der Waals surface area contributed by atoms with E-state index in [1.165, 1.54) is 10.6 Å². The van der Waals surface area contributed by atoms with Gasteiger partial charge in [0.15, 0.2) is 5.69 Å². The first-order valence-electron chi connectivity index (χ1n) is 6.76. The largest absolute Gasteiger partial charge is 0.335 e. The Morgan fingerprint density at radius 2 is 2.23 bits per heavy atom. The summed E-state index contributed by atoms with van der Waals surface area (Å²) in [5, 5.41) is 11.4. The number of imidazole rings is 1. The number of aromatic nitrogens is 2. The number of nitriles is 1. The van der Waals surface area contributed by atoms with Gasteiger partial charge in [0.1, 0.15) is 6.04 Å². The predicted octanol–water partition coefficient (Wildman–Crippen LogP) is 1.16. The molecule has 116 valence electrons. The Labute approximate surface area is 128 Å². The van der Waals surface area contributed by atoms with E-state index in [1.54, 1.807) is 18.2 Å². The van der Waals surface area contributed by atoms with E-state index in [0.29, 0.717) is 11.9 Å². The van der Waals surface area contributed by atoms with E-state index in [1.807, 2.05) is 13.0 Å². The number of carbonyl (C=O) groups is 1. The van der Waals surface area contributed by atoms with Gasteiger partial charge in [-0.2, -0.15) is 5.26 Å². The molecule has 0 fully saturated rings. The number of rotatable bonds is 5. The predicted molar refractivity (Wildman–Crippen MR) is 80.1 cm³/mol. The molecular weight excluding hydrogens is 304 g/mol. The highest BCUT2D eigenvalue weighted by Crippen LogP contribution is 2.17. The minimum absolute atomic E-state index is 0.00243. The smallest absolute Gasteiger partial charge is 0.273 e. The van der Waals surface area contributed by atoms with E-state index >= 15 is 0 Å². The molecular formula is C14H16N4O3S. The van der Waals surface area contributed by atoms with Gasteiger partial charge in [0.05, 0.1) is 11.6 Å². The number of amides is 1. The summed E-state index contributed by atoms with van der Waals surface area (Å²) in [6.07, 6.45) is 3.83. The van der Waals surface area contributed by atoms with Crippen LogP contribution >= 0.6 is 0 Å². The van der Waals surface area contributed by atoms with Crippen molar-refractivity contribution in [1.29, 1.82) is 5.26 Å². The zero-order chi connectivity index (χ0) is 16.3. The lowest BCUT2D eigenvalue weighted by atomic mass is 10.2. The normalized spacial score (nSPS) is 12.8. The molecule has 2 rings (SSSR count). The van der Waals surface area contributed by atoms with Crippen molar-refractivity contribution in [3.05, 3.63) is 30.1 Å². The van der Waals surface area contributed by atoms with Gasteiger partial charge in [-0.25, -0.2) is 13.4 Å². The minimum atomic E-state index is -3.58. The Morgan fingerprint density at radius 3 is 2.82 bits per heavy atom. The topological polar surface area (TPSA) is 104 Å². The zero-order valence-electron chi connectivity index (χ0n) is 12.3. The van der Waals surface area contributed by atoms with E-state index in [-0.39, 0.29) is 10.9 Å². The number of carbonyl (C=O) groups excluding carboxylic acids is 1. The molecule has 22 heavy (non-hydrogen) atoms. The van der Waals surface area contributed by atoms with E-state index < -0.39 is 21.8 Å². The maximum atomic E-state index is 12.3. The van der Waals surface area contributed by atoms with Crippen molar-refractivity contribution < 1.29 is 13.2 Å². The molecule has 2 heterocycles. The SMILES string of the molecule is CCCC(C#N)NC(=O)c1nc(S(C)(=O)=O)n2ccccc12. The lowest BCUT2D eigenvalue weighted by Crippen LogP contribution is -2.34. The molecule has 2 aromatic heterocycles. The van der Waals surface area contributed by atoms with Gasteiger partial charge in [-0.05, 0) is 18.6 Å². The van der Waals surface area contributed by atoms with Crippen LogP contribution in [-0.4, -0.2) is 36.0 Å². The second-order valence-electron chi connectivity index (χ2n) is 4.91. The van der Waals surface area contributed by atoms with Crippen LogP contribution < -0.4 is 5.32 Å². The number of nitrogens with one attached hydrogen (secondary N) is 1. The standard InChI is InChI=1S/C14H16N4O3S/c1-3-6-10(9-15)16-13(19)12-11-7-4-5-8-18(11)14(17-12)22(2,20)21/h4-5,7-8,10H,3,6H2,1-2H3,(H,16,19). The van der Waals surface area contributed by atoms with Gasteiger partial charge in [0, 0.05) is 12.5 Å². The van der Waals surface area contributed by atoms with Crippen LogP contribution in [0.1, 0.15) is 30.3 Å². The van der Waals surface area contributed by atoms with Gasteiger partial charge in [-0.3, -0.25) is 9.20 Å².